The van der Waals surface area contributed by atoms with Gasteiger partial charge in [-0.25, -0.2) is 4.39 Å². The molecule has 2 aromatic heterocycles. The molecule has 192 valence electrons. The Hall–Kier alpha value is -3.23. The van der Waals surface area contributed by atoms with Crippen LogP contribution in [0, 0.1) is 11.7 Å². The Morgan fingerprint density at radius 2 is 1.92 bits per heavy atom. The summed E-state index contributed by atoms with van der Waals surface area (Å²) in [6.07, 6.45) is 7.23. The van der Waals surface area contributed by atoms with E-state index in [0.717, 1.165) is 23.4 Å². The Morgan fingerprint density at radius 1 is 1.14 bits per heavy atom. The van der Waals surface area contributed by atoms with Crippen molar-refractivity contribution in [2.45, 2.75) is 38.6 Å². The summed E-state index contributed by atoms with van der Waals surface area (Å²) in [4.78, 5) is 32.7. The average molecular weight is 542 g/mol. The molecule has 2 atom stereocenters. The molecular formula is C27H26Cl2FN5O2. The second kappa shape index (κ2) is 10.3. The number of rotatable bonds is 2. The number of nitrogens with one attached hydrogen (secondary N) is 1. The van der Waals surface area contributed by atoms with Crippen LogP contribution in [0.15, 0.2) is 42.7 Å². The molecule has 2 amide bonds. The lowest BCUT2D eigenvalue weighted by Gasteiger charge is -2.34. The van der Waals surface area contributed by atoms with Crippen LogP contribution in [0.4, 0.5) is 10.1 Å². The number of carbonyl (C=O) groups excluding carboxylic acids is 2. The second-order valence-electron chi connectivity index (χ2n) is 9.51. The van der Waals surface area contributed by atoms with E-state index in [2.05, 4.69) is 15.4 Å². The zero-order valence-electron chi connectivity index (χ0n) is 20.5. The zero-order chi connectivity index (χ0) is 26.3. The highest BCUT2D eigenvalue weighted by atomic mass is 35.5. The number of hydrogen-bond donors (Lipinski definition) is 1. The van der Waals surface area contributed by atoms with Gasteiger partial charge in [0.2, 0.25) is 11.8 Å². The van der Waals surface area contributed by atoms with Gasteiger partial charge in [-0.15, -0.1) is 0 Å². The molecule has 0 fully saturated rings. The van der Waals surface area contributed by atoms with Gasteiger partial charge in [-0.2, -0.15) is 5.10 Å². The number of nitrogens with zero attached hydrogens (tertiary/aromatic N) is 4. The van der Waals surface area contributed by atoms with E-state index < -0.39 is 5.82 Å². The van der Waals surface area contributed by atoms with Crippen LogP contribution in [-0.2, 0) is 16.6 Å². The SMILES string of the molecule is CC1CCCC(N2CCC(c3c(Cl)ccc(Cl)c3F)=CC2=O)c2cc(ccn2)-c2c(cnn2C)NC1=O. The highest BCUT2D eigenvalue weighted by Gasteiger charge is 2.31. The van der Waals surface area contributed by atoms with Crippen molar-refractivity contribution in [3.8, 4) is 11.3 Å². The maximum Gasteiger partial charge on any atom is 0.247 e. The van der Waals surface area contributed by atoms with Crippen molar-refractivity contribution in [1.82, 2.24) is 19.7 Å². The minimum Gasteiger partial charge on any atom is -0.330 e. The second-order valence-corrected chi connectivity index (χ2v) is 10.3. The molecule has 7 nitrogen and oxygen atoms in total. The lowest BCUT2D eigenvalue weighted by Crippen LogP contribution is -2.38. The van der Waals surface area contributed by atoms with Crippen LogP contribution in [0.25, 0.3) is 16.8 Å². The van der Waals surface area contributed by atoms with Crippen molar-refractivity contribution in [3.05, 3.63) is 69.9 Å². The Bertz CT molecular complexity index is 1420. The van der Waals surface area contributed by atoms with Crippen LogP contribution in [0.5, 0.6) is 0 Å². The van der Waals surface area contributed by atoms with Crippen molar-refractivity contribution in [2.24, 2.45) is 13.0 Å². The number of benzene rings is 1. The van der Waals surface area contributed by atoms with E-state index in [9.17, 15) is 14.0 Å². The van der Waals surface area contributed by atoms with E-state index in [1.54, 1.807) is 22.0 Å². The maximum absolute atomic E-state index is 14.8. The molecule has 0 aliphatic carbocycles. The summed E-state index contributed by atoms with van der Waals surface area (Å²) in [6.45, 7) is 2.27. The molecule has 1 N–H and O–H groups in total. The van der Waals surface area contributed by atoms with Gasteiger partial charge in [0.15, 0.2) is 5.82 Å². The van der Waals surface area contributed by atoms with Gasteiger partial charge >= 0.3 is 0 Å². The molecule has 2 unspecified atom stereocenters. The number of carbonyl (C=O) groups is 2. The fourth-order valence-electron chi connectivity index (χ4n) is 5.10. The molecule has 1 aromatic carbocycles. The topological polar surface area (TPSA) is 80.1 Å². The average Bonchev–Trinajstić information content (AvgIpc) is 3.24. The molecule has 37 heavy (non-hydrogen) atoms. The molecule has 0 spiro atoms. The smallest absolute Gasteiger partial charge is 0.247 e. The third-order valence-corrected chi connectivity index (χ3v) is 7.71. The summed E-state index contributed by atoms with van der Waals surface area (Å²) in [7, 11) is 1.82. The monoisotopic (exact) mass is 541 g/mol. The minimum atomic E-state index is -0.624. The lowest BCUT2D eigenvalue weighted by molar-refractivity contribution is -0.129. The summed E-state index contributed by atoms with van der Waals surface area (Å²) in [5, 5.41) is 7.52. The third kappa shape index (κ3) is 4.88. The molecule has 0 radical (unpaired) electrons. The number of hydrogen-bond acceptors (Lipinski definition) is 4. The van der Waals surface area contributed by atoms with Gasteiger partial charge in [0.05, 0.1) is 39.4 Å². The van der Waals surface area contributed by atoms with Crippen LogP contribution >= 0.6 is 23.2 Å². The fraction of sp³-hybridized carbons (Fsp3) is 0.333. The van der Waals surface area contributed by atoms with E-state index in [1.807, 2.05) is 26.1 Å². The fourth-order valence-corrected chi connectivity index (χ4v) is 5.53. The predicted molar refractivity (Wildman–Crippen MR) is 142 cm³/mol. The largest absolute Gasteiger partial charge is 0.330 e. The minimum absolute atomic E-state index is 0.0387. The molecule has 2 aliphatic rings. The Kier molecular flexibility index (Phi) is 7.05. The number of amides is 2. The molecule has 2 aliphatic heterocycles. The number of halogens is 3. The standard InChI is InChI=1S/C27H26Cl2FN5O2/c1-15-4-3-5-22(20-12-17(8-10-31-20)26-21(33-27(15)37)14-32-34(26)2)35-11-9-16(13-23(35)36)24-18(28)6-7-19(29)25(24)30/h6-8,10,12-15,22H,3-5,9,11H2,1-2H3,(H,33,37). The van der Waals surface area contributed by atoms with Gasteiger partial charge in [-0.3, -0.25) is 19.3 Å². The molecule has 10 heteroatoms. The van der Waals surface area contributed by atoms with Crippen LogP contribution < -0.4 is 5.32 Å². The zero-order valence-corrected chi connectivity index (χ0v) is 22.0. The maximum atomic E-state index is 14.8. The first-order valence-corrected chi connectivity index (χ1v) is 12.9. The van der Waals surface area contributed by atoms with E-state index in [4.69, 9.17) is 23.2 Å². The van der Waals surface area contributed by atoms with Crippen molar-refractivity contribution in [3.63, 3.8) is 0 Å². The van der Waals surface area contributed by atoms with E-state index in [0.29, 0.717) is 37.1 Å². The Balaban J connectivity index is 1.53. The van der Waals surface area contributed by atoms with Crippen LogP contribution in [0.2, 0.25) is 10.0 Å². The Labute approximate surface area is 224 Å². The highest BCUT2D eigenvalue weighted by molar-refractivity contribution is 6.34. The van der Waals surface area contributed by atoms with Gasteiger partial charge in [0.1, 0.15) is 0 Å². The highest BCUT2D eigenvalue weighted by Crippen LogP contribution is 2.38. The van der Waals surface area contributed by atoms with Gasteiger partial charge < -0.3 is 10.2 Å². The summed E-state index contributed by atoms with van der Waals surface area (Å²) in [6, 6.07) is 6.44. The van der Waals surface area contributed by atoms with Gasteiger partial charge in [-0.05, 0) is 49.1 Å². The van der Waals surface area contributed by atoms with Crippen molar-refractivity contribution < 1.29 is 14.0 Å². The van der Waals surface area contributed by atoms with Crippen LogP contribution in [0.3, 0.4) is 0 Å². The van der Waals surface area contributed by atoms with Gasteiger partial charge in [0.25, 0.3) is 0 Å². The number of fused-ring (bicyclic) bond motifs is 4. The van der Waals surface area contributed by atoms with Crippen molar-refractivity contribution in [2.75, 3.05) is 11.9 Å². The van der Waals surface area contributed by atoms with Crippen molar-refractivity contribution >= 4 is 46.3 Å². The van der Waals surface area contributed by atoms with Crippen LogP contribution in [-0.4, -0.2) is 38.0 Å². The van der Waals surface area contributed by atoms with Gasteiger partial charge in [-0.1, -0.05) is 36.5 Å². The summed E-state index contributed by atoms with van der Waals surface area (Å²) >= 11 is 12.2. The molecule has 3 aromatic rings. The summed E-state index contributed by atoms with van der Waals surface area (Å²) in [5.74, 6) is -1.15. The molecule has 0 saturated carbocycles. The third-order valence-electron chi connectivity index (χ3n) is 7.10. The number of anilines is 1. The number of aryl methyl sites for hydroxylation is 1. The molecular weight excluding hydrogens is 516 g/mol. The first kappa shape index (κ1) is 25.4. The molecule has 5 rings (SSSR count). The van der Waals surface area contributed by atoms with Crippen molar-refractivity contribution in [1.29, 1.82) is 0 Å². The first-order valence-electron chi connectivity index (χ1n) is 12.2. The van der Waals surface area contributed by atoms with Crippen LogP contribution in [0.1, 0.15) is 49.9 Å². The van der Waals surface area contributed by atoms with Gasteiger partial charge in [0, 0.05) is 42.9 Å². The number of pyridine rings is 1. The van der Waals surface area contributed by atoms with E-state index in [1.165, 1.54) is 18.2 Å². The van der Waals surface area contributed by atoms with E-state index >= 15 is 0 Å². The summed E-state index contributed by atoms with van der Waals surface area (Å²) < 4.78 is 16.5. The normalized spacial score (nSPS) is 20.5. The predicted octanol–water partition coefficient (Wildman–Crippen LogP) is 6.04. The summed E-state index contributed by atoms with van der Waals surface area (Å²) in [5.41, 5.74) is 3.68. The molecule has 4 heterocycles. The number of aromatic nitrogens is 3. The molecule has 2 bridgehead atoms. The Morgan fingerprint density at radius 3 is 2.70 bits per heavy atom. The lowest BCUT2D eigenvalue weighted by atomic mass is 9.93. The molecule has 0 saturated heterocycles. The first-order chi connectivity index (χ1) is 17.7. The van der Waals surface area contributed by atoms with E-state index in [-0.39, 0.29) is 39.4 Å². The quantitative estimate of drug-likeness (QED) is 0.401.